The zero-order valence-electron chi connectivity index (χ0n) is 15.2. The highest BCUT2D eigenvalue weighted by Crippen LogP contribution is 2.05. The minimum atomic E-state index is -1.21. The predicted octanol–water partition coefficient (Wildman–Crippen LogP) is 2.39. The molecule has 1 atom stereocenters. The van der Waals surface area contributed by atoms with Crippen molar-refractivity contribution in [1.82, 2.24) is 10.9 Å². The van der Waals surface area contributed by atoms with E-state index in [9.17, 15) is 19.5 Å². The van der Waals surface area contributed by atoms with Gasteiger partial charge >= 0.3 is 18.0 Å². The van der Waals surface area contributed by atoms with Crippen LogP contribution in [0, 0.1) is 0 Å². The number of benzene rings is 2. The fraction of sp³-hybridized carbons (Fsp3) is 0.250. The Hall–Kier alpha value is -3.39. The summed E-state index contributed by atoms with van der Waals surface area (Å²) in [7, 11) is 0. The molecule has 2 aromatic rings. The SMILES string of the molecule is O=C(CC[C@H](NNC(=O)OCc1ccccc1)C(=O)O)OCc1ccccc1. The van der Waals surface area contributed by atoms with Crippen molar-refractivity contribution in [3.05, 3.63) is 71.8 Å². The van der Waals surface area contributed by atoms with Crippen molar-refractivity contribution >= 4 is 18.0 Å². The van der Waals surface area contributed by atoms with E-state index in [1.807, 2.05) is 48.5 Å². The van der Waals surface area contributed by atoms with E-state index in [1.165, 1.54) is 0 Å². The fourth-order valence-corrected chi connectivity index (χ4v) is 2.24. The summed E-state index contributed by atoms with van der Waals surface area (Å²) in [5, 5.41) is 9.21. The summed E-state index contributed by atoms with van der Waals surface area (Å²) in [4.78, 5) is 34.7. The maximum absolute atomic E-state index is 11.8. The summed E-state index contributed by atoms with van der Waals surface area (Å²) in [5.74, 6) is -1.73. The molecule has 0 unspecified atom stereocenters. The third-order valence-electron chi connectivity index (χ3n) is 3.74. The van der Waals surface area contributed by atoms with E-state index in [1.54, 1.807) is 12.1 Å². The number of ether oxygens (including phenoxy) is 2. The van der Waals surface area contributed by atoms with Gasteiger partial charge in [0.05, 0.1) is 0 Å². The van der Waals surface area contributed by atoms with Gasteiger partial charge < -0.3 is 14.6 Å². The minimum Gasteiger partial charge on any atom is -0.480 e. The van der Waals surface area contributed by atoms with Gasteiger partial charge in [0.15, 0.2) is 0 Å². The molecule has 0 aliphatic heterocycles. The lowest BCUT2D eigenvalue weighted by Crippen LogP contribution is -2.48. The van der Waals surface area contributed by atoms with Crippen LogP contribution in [0.4, 0.5) is 4.79 Å². The van der Waals surface area contributed by atoms with Crippen LogP contribution >= 0.6 is 0 Å². The van der Waals surface area contributed by atoms with Crippen molar-refractivity contribution in [3.8, 4) is 0 Å². The molecule has 0 fully saturated rings. The summed E-state index contributed by atoms with van der Waals surface area (Å²) in [6.45, 7) is 0.173. The Morgan fingerprint density at radius 1 is 0.857 bits per heavy atom. The Balaban J connectivity index is 1.68. The van der Waals surface area contributed by atoms with E-state index in [-0.39, 0.29) is 26.1 Å². The highest BCUT2D eigenvalue weighted by molar-refractivity contribution is 5.76. The molecule has 2 aromatic carbocycles. The van der Waals surface area contributed by atoms with Gasteiger partial charge in [-0.15, -0.1) is 0 Å². The third-order valence-corrected chi connectivity index (χ3v) is 3.74. The van der Waals surface area contributed by atoms with Crippen LogP contribution in [0.1, 0.15) is 24.0 Å². The second kappa shape index (κ2) is 11.3. The molecule has 0 bridgehead atoms. The van der Waals surface area contributed by atoms with Gasteiger partial charge in [-0.3, -0.25) is 15.0 Å². The molecule has 148 valence electrons. The molecule has 0 heterocycles. The van der Waals surface area contributed by atoms with Crippen LogP contribution in [0.2, 0.25) is 0 Å². The number of aliphatic carboxylic acids is 1. The maximum atomic E-state index is 11.8. The zero-order valence-corrected chi connectivity index (χ0v) is 15.2. The van der Waals surface area contributed by atoms with E-state index < -0.39 is 24.1 Å². The Bertz CT molecular complexity index is 707. The first-order chi connectivity index (χ1) is 13.5. The number of carbonyl (C=O) groups is 3. The molecular formula is C20H22N2O6. The number of hydrogen-bond donors (Lipinski definition) is 3. The van der Waals surface area contributed by atoms with Gasteiger partial charge in [-0.2, -0.15) is 0 Å². The molecule has 28 heavy (non-hydrogen) atoms. The van der Waals surface area contributed by atoms with Gasteiger partial charge in [-0.05, 0) is 17.5 Å². The summed E-state index contributed by atoms with van der Waals surface area (Å²) in [6, 6.07) is 17.0. The number of carboxylic acids is 1. The molecule has 3 N–H and O–H groups in total. The van der Waals surface area contributed by atoms with E-state index in [2.05, 4.69) is 10.9 Å². The molecule has 0 aromatic heterocycles. The first kappa shape index (κ1) is 20.9. The van der Waals surface area contributed by atoms with Crippen molar-refractivity contribution < 1.29 is 29.0 Å². The number of hydrazine groups is 1. The number of rotatable bonds is 10. The normalized spacial score (nSPS) is 11.3. The van der Waals surface area contributed by atoms with Gasteiger partial charge in [-0.25, -0.2) is 10.2 Å². The molecular weight excluding hydrogens is 364 g/mol. The van der Waals surface area contributed by atoms with E-state index in [4.69, 9.17) is 9.47 Å². The van der Waals surface area contributed by atoms with Gasteiger partial charge in [0.1, 0.15) is 19.3 Å². The largest absolute Gasteiger partial charge is 0.480 e. The van der Waals surface area contributed by atoms with Gasteiger partial charge in [0.2, 0.25) is 0 Å². The average Bonchev–Trinajstić information content (AvgIpc) is 2.72. The van der Waals surface area contributed by atoms with Crippen molar-refractivity contribution in [1.29, 1.82) is 0 Å². The standard InChI is InChI=1S/C20H22N2O6/c23-18(27-13-15-7-3-1-4-8-15)12-11-17(19(24)25)21-22-20(26)28-14-16-9-5-2-6-10-16/h1-10,17,21H,11-14H2,(H,22,26)(H,24,25)/t17-/m0/s1. The van der Waals surface area contributed by atoms with Crippen LogP contribution in [0.3, 0.4) is 0 Å². The molecule has 1 amide bonds. The fourth-order valence-electron chi connectivity index (χ4n) is 2.24. The van der Waals surface area contributed by atoms with E-state index in [0.29, 0.717) is 0 Å². The van der Waals surface area contributed by atoms with E-state index >= 15 is 0 Å². The first-order valence-electron chi connectivity index (χ1n) is 8.69. The van der Waals surface area contributed by atoms with Gasteiger partial charge in [0.25, 0.3) is 0 Å². The highest BCUT2D eigenvalue weighted by atomic mass is 16.6. The number of hydrogen-bond acceptors (Lipinski definition) is 6. The van der Waals surface area contributed by atoms with Crippen molar-refractivity contribution in [2.45, 2.75) is 32.1 Å². The molecule has 0 aliphatic rings. The van der Waals surface area contributed by atoms with Crippen LogP contribution < -0.4 is 10.9 Å². The number of amides is 1. The van der Waals surface area contributed by atoms with Crippen LogP contribution in [-0.4, -0.2) is 29.2 Å². The number of carbonyl (C=O) groups excluding carboxylic acids is 2. The Kier molecular flexibility index (Phi) is 8.48. The molecule has 0 saturated carbocycles. The third kappa shape index (κ3) is 7.88. The maximum Gasteiger partial charge on any atom is 0.421 e. The summed E-state index contributed by atoms with van der Waals surface area (Å²) in [5.41, 5.74) is 6.16. The lowest BCUT2D eigenvalue weighted by molar-refractivity contribution is -0.145. The first-order valence-corrected chi connectivity index (χ1v) is 8.69. The van der Waals surface area contributed by atoms with Gasteiger partial charge in [-0.1, -0.05) is 60.7 Å². The van der Waals surface area contributed by atoms with Crippen LogP contribution in [0.15, 0.2) is 60.7 Å². The van der Waals surface area contributed by atoms with E-state index in [0.717, 1.165) is 11.1 Å². The number of nitrogens with one attached hydrogen (secondary N) is 2. The quantitative estimate of drug-likeness (QED) is 0.424. The van der Waals surface area contributed by atoms with Crippen molar-refractivity contribution in [2.75, 3.05) is 0 Å². The number of carboxylic acid groups (broad SMARTS) is 1. The minimum absolute atomic E-state index is 0.0535. The van der Waals surface area contributed by atoms with Crippen molar-refractivity contribution in [3.63, 3.8) is 0 Å². The highest BCUT2D eigenvalue weighted by Gasteiger charge is 2.20. The topological polar surface area (TPSA) is 114 Å². The average molecular weight is 386 g/mol. The van der Waals surface area contributed by atoms with Crippen LogP contribution in [-0.2, 0) is 32.3 Å². The van der Waals surface area contributed by atoms with Crippen LogP contribution in [0.5, 0.6) is 0 Å². The Morgan fingerprint density at radius 2 is 1.39 bits per heavy atom. The molecule has 2 rings (SSSR count). The molecule has 8 nitrogen and oxygen atoms in total. The molecule has 8 heteroatoms. The Morgan fingerprint density at radius 3 is 1.93 bits per heavy atom. The summed E-state index contributed by atoms with van der Waals surface area (Å²) in [6.07, 6.45) is -0.985. The molecule has 0 radical (unpaired) electrons. The lowest BCUT2D eigenvalue weighted by Gasteiger charge is -2.15. The van der Waals surface area contributed by atoms with Gasteiger partial charge in [0, 0.05) is 6.42 Å². The summed E-state index contributed by atoms with van der Waals surface area (Å²) < 4.78 is 10.1. The molecule has 0 spiro atoms. The second-order valence-corrected chi connectivity index (χ2v) is 5.91. The smallest absolute Gasteiger partial charge is 0.421 e. The molecule has 0 saturated heterocycles. The monoisotopic (exact) mass is 386 g/mol. The summed E-state index contributed by atoms with van der Waals surface area (Å²) >= 11 is 0. The lowest BCUT2D eigenvalue weighted by atomic mass is 10.1. The predicted molar refractivity (Wildman–Crippen MR) is 99.8 cm³/mol. The molecule has 0 aliphatic carbocycles. The second-order valence-electron chi connectivity index (χ2n) is 5.91. The van der Waals surface area contributed by atoms with Crippen molar-refractivity contribution in [2.24, 2.45) is 0 Å². The Labute approximate surface area is 162 Å². The zero-order chi connectivity index (χ0) is 20.2. The number of esters is 1. The van der Waals surface area contributed by atoms with Crippen LogP contribution in [0.25, 0.3) is 0 Å².